The lowest BCUT2D eigenvalue weighted by atomic mass is 10.2. The first kappa shape index (κ1) is 24.2. The number of thiazole rings is 1. The predicted octanol–water partition coefficient (Wildman–Crippen LogP) is 2.69. The van der Waals surface area contributed by atoms with E-state index in [0.717, 1.165) is 16.3 Å². The van der Waals surface area contributed by atoms with Gasteiger partial charge in [-0.05, 0) is 12.1 Å². The van der Waals surface area contributed by atoms with Gasteiger partial charge in [-0.25, -0.2) is 9.78 Å². The molecule has 3 aromatic rings. The van der Waals surface area contributed by atoms with Crippen LogP contribution < -0.4 is 29.9 Å². The molecule has 3 heterocycles. The molecule has 0 fully saturated rings. The normalized spacial score (nSPS) is 12.5. The molecule has 2 aromatic heterocycles. The molecule has 2 N–H and O–H groups in total. The third-order valence-electron chi connectivity index (χ3n) is 5.48. The van der Waals surface area contributed by atoms with E-state index in [1.54, 1.807) is 25.1 Å². The van der Waals surface area contributed by atoms with Gasteiger partial charge in [0.05, 0.1) is 26.5 Å². The van der Waals surface area contributed by atoms with Crippen LogP contribution in [0.4, 0.5) is 21.4 Å². The molecule has 0 unspecified atom stereocenters. The van der Waals surface area contributed by atoms with Crippen molar-refractivity contribution in [3.63, 3.8) is 0 Å². The number of carbonyl (C=O) groups excluding carboxylic acids is 2. The molecule has 1 aliphatic heterocycles. The van der Waals surface area contributed by atoms with Gasteiger partial charge in [0, 0.05) is 49.6 Å². The highest BCUT2D eigenvalue weighted by Gasteiger charge is 2.23. The summed E-state index contributed by atoms with van der Waals surface area (Å²) < 4.78 is 10.4. The van der Waals surface area contributed by atoms with Crippen molar-refractivity contribution in [2.75, 3.05) is 49.5 Å². The number of hydrogen-bond donors (Lipinski definition) is 2. The van der Waals surface area contributed by atoms with Gasteiger partial charge in [-0.1, -0.05) is 29.5 Å². The topological polar surface area (TPSA) is 122 Å². The number of benzene rings is 1. The molecule has 0 saturated heterocycles. The average Bonchev–Trinajstić information content (AvgIpc) is 3.29. The van der Waals surface area contributed by atoms with Crippen LogP contribution in [0.5, 0.6) is 11.9 Å². The van der Waals surface area contributed by atoms with Crippen molar-refractivity contribution in [1.82, 2.24) is 20.3 Å². The van der Waals surface area contributed by atoms with Crippen molar-refractivity contribution < 1.29 is 19.1 Å². The van der Waals surface area contributed by atoms with Crippen LogP contribution in [0.25, 0.3) is 0 Å². The van der Waals surface area contributed by atoms with E-state index in [0.29, 0.717) is 36.3 Å². The lowest BCUT2D eigenvalue weighted by Gasteiger charge is -2.27. The molecule has 11 nitrogen and oxygen atoms in total. The highest BCUT2D eigenvalue weighted by Crippen LogP contribution is 2.31. The van der Waals surface area contributed by atoms with E-state index in [-0.39, 0.29) is 24.9 Å². The third kappa shape index (κ3) is 5.96. The maximum Gasteiger partial charge on any atom is 0.321 e. The first-order valence-electron chi connectivity index (χ1n) is 11.0. The van der Waals surface area contributed by atoms with Gasteiger partial charge in [0.25, 0.3) is 0 Å². The van der Waals surface area contributed by atoms with Gasteiger partial charge in [-0.3, -0.25) is 10.1 Å². The number of urea groups is 1. The Morgan fingerprint density at radius 2 is 1.94 bits per heavy atom. The number of methoxy groups -OCH3 is 2. The minimum absolute atomic E-state index is 0.0840. The average molecular weight is 498 g/mol. The van der Waals surface area contributed by atoms with Crippen LogP contribution in [0.3, 0.4) is 0 Å². The molecule has 4 rings (SSSR count). The van der Waals surface area contributed by atoms with E-state index < -0.39 is 6.03 Å². The lowest BCUT2D eigenvalue weighted by Crippen LogP contribution is -2.34. The summed E-state index contributed by atoms with van der Waals surface area (Å²) in [4.78, 5) is 42.5. The zero-order chi connectivity index (χ0) is 24.8. The number of aromatic nitrogens is 3. The van der Waals surface area contributed by atoms with Crippen LogP contribution in [0, 0.1) is 0 Å². The Hall–Kier alpha value is -3.93. The predicted molar refractivity (Wildman–Crippen MR) is 133 cm³/mol. The molecular weight excluding hydrogens is 470 g/mol. The highest BCUT2D eigenvalue weighted by molar-refractivity contribution is 7.15. The zero-order valence-electron chi connectivity index (χ0n) is 19.8. The van der Waals surface area contributed by atoms with Crippen molar-refractivity contribution in [3.05, 3.63) is 47.0 Å². The molecule has 1 aliphatic rings. The Morgan fingerprint density at radius 3 is 2.69 bits per heavy atom. The fraction of sp³-hybridized carbons (Fsp3) is 0.348. The second-order valence-corrected chi connectivity index (χ2v) is 8.82. The van der Waals surface area contributed by atoms with E-state index in [9.17, 15) is 9.59 Å². The first-order valence-corrected chi connectivity index (χ1v) is 11.9. The van der Waals surface area contributed by atoms with E-state index in [4.69, 9.17) is 9.47 Å². The Morgan fingerprint density at radius 1 is 1.14 bits per heavy atom. The molecule has 0 atom stereocenters. The van der Waals surface area contributed by atoms with Gasteiger partial charge in [0.1, 0.15) is 5.82 Å². The molecule has 35 heavy (non-hydrogen) atoms. The first-order chi connectivity index (χ1) is 17.0. The van der Waals surface area contributed by atoms with Crippen molar-refractivity contribution in [2.24, 2.45) is 0 Å². The monoisotopic (exact) mass is 497 g/mol. The molecule has 0 bridgehead atoms. The minimum atomic E-state index is -0.395. The molecule has 184 valence electrons. The number of rotatable bonds is 8. The number of anilines is 3. The number of nitrogens with zero attached hydrogens (tertiary/aromatic N) is 5. The minimum Gasteiger partial charge on any atom is -0.481 e. The highest BCUT2D eigenvalue weighted by atomic mass is 32.1. The summed E-state index contributed by atoms with van der Waals surface area (Å²) in [6.45, 7) is 1.53. The number of hydrogen-bond acceptors (Lipinski definition) is 9. The van der Waals surface area contributed by atoms with Crippen molar-refractivity contribution in [3.8, 4) is 11.9 Å². The van der Waals surface area contributed by atoms with Crippen LogP contribution in [0.2, 0.25) is 0 Å². The number of fused-ring (bicyclic) bond motifs is 1. The number of para-hydroxylation sites is 1. The standard InChI is InChI=1S/C23H27N7O4S/c1-29(15-7-5-4-6-8-15)20(31)9-11-24-21(32)28-23-25-16-10-12-30(14-17(16)35-23)18-13-19(33-2)27-22(26-18)34-3/h4-8,13H,9-12,14H2,1-3H3,(H2,24,25,28,32). The van der Waals surface area contributed by atoms with Crippen LogP contribution in [-0.4, -0.2) is 61.2 Å². The Balaban J connectivity index is 1.29. The number of ether oxygens (including phenoxy) is 2. The second-order valence-electron chi connectivity index (χ2n) is 7.73. The molecule has 1 aromatic carbocycles. The number of amides is 3. The van der Waals surface area contributed by atoms with E-state index >= 15 is 0 Å². The molecule has 12 heteroatoms. The summed E-state index contributed by atoms with van der Waals surface area (Å²) in [6, 6.07) is 11.0. The molecule has 0 radical (unpaired) electrons. The second kappa shape index (κ2) is 11.0. The van der Waals surface area contributed by atoms with Gasteiger partial charge < -0.3 is 24.6 Å². The maximum absolute atomic E-state index is 12.4. The van der Waals surface area contributed by atoms with Crippen LogP contribution >= 0.6 is 11.3 Å². The van der Waals surface area contributed by atoms with Gasteiger partial charge in [0.2, 0.25) is 11.8 Å². The Labute approximate surface area is 207 Å². The third-order valence-corrected chi connectivity index (χ3v) is 6.48. The van der Waals surface area contributed by atoms with Crippen molar-refractivity contribution in [2.45, 2.75) is 19.4 Å². The van der Waals surface area contributed by atoms with Gasteiger partial charge in [0.15, 0.2) is 5.13 Å². The summed E-state index contributed by atoms with van der Waals surface area (Å²) in [7, 11) is 4.77. The smallest absolute Gasteiger partial charge is 0.321 e. The lowest BCUT2D eigenvalue weighted by molar-refractivity contribution is -0.118. The van der Waals surface area contributed by atoms with E-state index in [1.165, 1.54) is 18.4 Å². The number of carbonyl (C=O) groups is 2. The largest absolute Gasteiger partial charge is 0.481 e. The van der Waals surface area contributed by atoms with Crippen LogP contribution in [0.1, 0.15) is 17.0 Å². The molecular formula is C23H27N7O4S. The SMILES string of the molecule is COc1cc(N2CCc3nc(NC(=O)NCCC(=O)N(C)c4ccccc4)sc3C2)nc(OC)n1. The summed E-state index contributed by atoms with van der Waals surface area (Å²) in [5.41, 5.74) is 1.76. The van der Waals surface area contributed by atoms with Crippen molar-refractivity contribution >= 4 is 39.9 Å². The van der Waals surface area contributed by atoms with Crippen LogP contribution in [0.15, 0.2) is 36.4 Å². The maximum atomic E-state index is 12.4. The summed E-state index contributed by atoms with van der Waals surface area (Å²) >= 11 is 1.42. The van der Waals surface area contributed by atoms with Gasteiger partial charge in [-0.2, -0.15) is 9.97 Å². The number of nitrogens with one attached hydrogen (secondary N) is 2. The fourth-order valence-electron chi connectivity index (χ4n) is 3.58. The summed E-state index contributed by atoms with van der Waals surface area (Å²) in [6.07, 6.45) is 0.901. The fourth-order valence-corrected chi connectivity index (χ4v) is 4.60. The van der Waals surface area contributed by atoms with Gasteiger partial charge in [-0.15, -0.1) is 0 Å². The summed E-state index contributed by atoms with van der Waals surface area (Å²) in [5.74, 6) is 1.04. The van der Waals surface area contributed by atoms with E-state index in [1.807, 2.05) is 30.3 Å². The summed E-state index contributed by atoms with van der Waals surface area (Å²) in [5, 5.41) is 6.01. The molecule has 0 saturated carbocycles. The van der Waals surface area contributed by atoms with Crippen molar-refractivity contribution in [1.29, 1.82) is 0 Å². The molecule has 0 spiro atoms. The molecule has 3 amide bonds. The molecule has 0 aliphatic carbocycles. The van der Waals surface area contributed by atoms with Gasteiger partial charge >= 0.3 is 12.0 Å². The Bertz CT molecular complexity index is 1170. The zero-order valence-corrected chi connectivity index (χ0v) is 20.6. The van der Waals surface area contributed by atoms with Crippen LogP contribution in [-0.2, 0) is 17.8 Å². The quantitative estimate of drug-likeness (QED) is 0.487. The Kier molecular flexibility index (Phi) is 7.60. The van der Waals surface area contributed by atoms with E-state index in [2.05, 4.69) is 30.5 Å².